The molecule has 0 aliphatic carbocycles. The second-order valence-electron chi connectivity index (χ2n) is 3.97. The van der Waals surface area contributed by atoms with Gasteiger partial charge in [-0.3, -0.25) is 0 Å². The first-order chi connectivity index (χ1) is 8.59. The lowest BCUT2D eigenvalue weighted by molar-refractivity contribution is 0.0172. The highest BCUT2D eigenvalue weighted by Crippen LogP contribution is 2.32. The third-order valence-electron chi connectivity index (χ3n) is 2.73. The predicted molar refractivity (Wildman–Crippen MR) is 72.8 cm³/mol. The van der Waals surface area contributed by atoms with Crippen LogP contribution in [0, 0.1) is 0 Å². The van der Waals surface area contributed by atoms with Gasteiger partial charge in [0, 0.05) is 0 Å². The molecule has 0 spiro atoms. The van der Waals surface area contributed by atoms with E-state index in [1.165, 1.54) is 0 Å². The Morgan fingerprint density at radius 3 is 1.94 bits per heavy atom. The fraction of sp³-hybridized carbons (Fsp3) is 0.143. The number of hydrogen-bond donors (Lipinski definition) is 2. The summed E-state index contributed by atoms with van der Waals surface area (Å²) in [7, 11) is 0. The zero-order valence-corrected chi connectivity index (χ0v) is 10.9. The molecule has 0 aliphatic rings. The first-order valence-corrected chi connectivity index (χ1v) is 6.21. The van der Waals surface area contributed by atoms with E-state index in [2.05, 4.69) is 0 Å². The quantitative estimate of drug-likeness (QED) is 0.900. The molecular formula is C14H12Cl2O2. The van der Waals surface area contributed by atoms with Crippen molar-refractivity contribution in [3.05, 3.63) is 69.7 Å². The minimum absolute atomic E-state index is 0.355. The van der Waals surface area contributed by atoms with Crippen LogP contribution in [0.4, 0.5) is 0 Å². The first kappa shape index (κ1) is 13.4. The van der Waals surface area contributed by atoms with Crippen LogP contribution < -0.4 is 0 Å². The molecule has 2 atom stereocenters. The first-order valence-electron chi connectivity index (χ1n) is 5.45. The van der Waals surface area contributed by atoms with Crippen molar-refractivity contribution in [2.45, 2.75) is 12.2 Å². The van der Waals surface area contributed by atoms with Gasteiger partial charge in [-0.05, 0) is 23.3 Å². The number of rotatable bonds is 3. The third-order valence-corrected chi connectivity index (χ3v) is 3.46. The maximum absolute atomic E-state index is 10.1. The molecule has 94 valence electrons. The second-order valence-corrected chi connectivity index (χ2v) is 4.79. The second kappa shape index (κ2) is 5.72. The maximum Gasteiger partial charge on any atom is 0.109 e. The van der Waals surface area contributed by atoms with E-state index in [0.717, 1.165) is 0 Å². The van der Waals surface area contributed by atoms with Gasteiger partial charge >= 0.3 is 0 Å². The van der Waals surface area contributed by atoms with Crippen molar-refractivity contribution in [2.75, 3.05) is 0 Å². The summed E-state index contributed by atoms with van der Waals surface area (Å²) >= 11 is 11.7. The van der Waals surface area contributed by atoms with Crippen molar-refractivity contribution in [3.8, 4) is 0 Å². The average Bonchev–Trinajstić information content (AvgIpc) is 2.41. The molecular weight excluding hydrogens is 271 g/mol. The molecule has 2 N–H and O–H groups in total. The van der Waals surface area contributed by atoms with E-state index in [4.69, 9.17) is 23.2 Å². The van der Waals surface area contributed by atoms with Crippen molar-refractivity contribution in [3.63, 3.8) is 0 Å². The lowest BCUT2D eigenvalue weighted by Gasteiger charge is -2.18. The molecule has 0 saturated carbocycles. The monoisotopic (exact) mass is 282 g/mol. The molecule has 0 amide bonds. The molecule has 0 bridgehead atoms. The molecule has 2 aromatic carbocycles. The Bertz CT molecular complexity index is 529. The smallest absolute Gasteiger partial charge is 0.109 e. The van der Waals surface area contributed by atoms with E-state index in [0.29, 0.717) is 21.2 Å². The van der Waals surface area contributed by atoms with Gasteiger partial charge in [-0.15, -0.1) is 0 Å². The zero-order valence-electron chi connectivity index (χ0n) is 9.42. The van der Waals surface area contributed by atoms with Crippen LogP contribution in [-0.4, -0.2) is 10.2 Å². The van der Waals surface area contributed by atoms with Crippen molar-refractivity contribution in [1.29, 1.82) is 0 Å². The van der Waals surface area contributed by atoms with Gasteiger partial charge in [-0.25, -0.2) is 0 Å². The van der Waals surface area contributed by atoms with E-state index in [-0.39, 0.29) is 0 Å². The molecule has 18 heavy (non-hydrogen) atoms. The highest BCUT2D eigenvalue weighted by molar-refractivity contribution is 6.42. The molecule has 0 fully saturated rings. The van der Waals surface area contributed by atoms with Crippen LogP contribution in [-0.2, 0) is 0 Å². The van der Waals surface area contributed by atoms with E-state index in [1.807, 2.05) is 6.07 Å². The van der Waals surface area contributed by atoms with Crippen LogP contribution in [0.25, 0.3) is 0 Å². The third kappa shape index (κ3) is 2.85. The lowest BCUT2D eigenvalue weighted by Crippen LogP contribution is -2.10. The van der Waals surface area contributed by atoms with Gasteiger partial charge in [0.05, 0.1) is 10.0 Å². The highest BCUT2D eigenvalue weighted by atomic mass is 35.5. The van der Waals surface area contributed by atoms with E-state index < -0.39 is 12.2 Å². The molecule has 4 heteroatoms. The van der Waals surface area contributed by atoms with Gasteiger partial charge in [-0.2, -0.15) is 0 Å². The summed E-state index contributed by atoms with van der Waals surface area (Å²) < 4.78 is 0. The molecule has 0 saturated heterocycles. The molecule has 2 aromatic rings. The van der Waals surface area contributed by atoms with Gasteiger partial charge in [0.2, 0.25) is 0 Å². The van der Waals surface area contributed by atoms with Gasteiger partial charge < -0.3 is 10.2 Å². The summed E-state index contributed by atoms with van der Waals surface area (Å²) in [5, 5.41) is 21.0. The summed E-state index contributed by atoms with van der Waals surface area (Å²) in [5.41, 5.74) is 1.18. The molecule has 0 aromatic heterocycles. The maximum atomic E-state index is 10.1. The Morgan fingerprint density at radius 2 is 1.33 bits per heavy atom. The summed E-state index contributed by atoms with van der Waals surface area (Å²) in [6.07, 6.45) is -2.04. The predicted octanol–water partition coefficient (Wildman–Crippen LogP) is 3.76. The lowest BCUT2D eigenvalue weighted by atomic mass is 9.98. The van der Waals surface area contributed by atoms with E-state index >= 15 is 0 Å². The Kier molecular flexibility index (Phi) is 4.25. The van der Waals surface area contributed by atoms with Crippen LogP contribution in [0.2, 0.25) is 10.0 Å². The fourth-order valence-corrected chi connectivity index (χ4v) is 2.02. The van der Waals surface area contributed by atoms with Gasteiger partial charge in [0.25, 0.3) is 0 Å². The standard InChI is InChI=1S/C14H12Cl2O2/c15-11-7-6-10(8-12(11)16)14(18)13(17)9-4-2-1-3-5-9/h1-8,13-14,17-18H. The number of benzene rings is 2. The van der Waals surface area contributed by atoms with Crippen LogP contribution in [0.5, 0.6) is 0 Å². The largest absolute Gasteiger partial charge is 0.385 e. The fourth-order valence-electron chi connectivity index (χ4n) is 1.71. The molecule has 0 heterocycles. The van der Waals surface area contributed by atoms with Crippen molar-refractivity contribution in [1.82, 2.24) is 0 Å². The summed E-state index contributed by atoms with van der Waals surface area (Å²) in [4.78, 5) is 0. The van der Waals surface area contributed by atoms with Gasteiger partial charge in [0.15, 0.2) is 0 Å². The van der Waals surface area contributed by atoms with Crippen LogP contribution in [0.3, 0.4) is 0 Å². The number of aliphatic hydroxyl groups excluding tert-OH is 2. The zero-order chi connectivity index (χ0) is 13.1. The van der Waals surface area contributed by atoms with Crippen molar-refractivity contribution in [2.24, 2.45) is 0 Å². The topological polar surface area (TPSA) is 40.5 Å². The van der Waals surface area contributed by atoms with E-state index in [1.54, 1.807) is 42.5 Å². The number of hydrogen-bond acceptors (Lipinski definition) is 2. The molecule has 0 radical (unpaired) electrons. The van der Waals surface area contributed by atoms with Crippen LogP contribution >= 0.6 is 23.2 Å². The average molecular weight is 283 g/mol. The molecule has 2 nitrogen and oxygen atoms in total. The number of halogens is 2. The van der Waals surface area contributed by atoms with Gasteiger partial charge in [0.1, 0.15) is 12.2 Å². The van der Waals surface area contributed by atoms with Crippen molar-refractivity contribution < 1.29 is 10.2 Å². The molecule has 0 aliphatic heterocycles. The Balaban J connectivity index is 2.25. The highest BCUT2D eigenvalue weighted by Gasteiger charge is 2.20. The Morgan fingerprint density at radius 1 is 0.722 bits per heavy atom. The molecule has 2 unspecified atom stereocenters. The summed E-state index contributed by atoms with van der Waals surface area (Å²) in [5.74, 6) is 0. The summed E-state index contributed by atoms with van der Waals surface area (Å²) in [6.45, 7) is 0. The molecule has 2 rings (SSSR count). The minimum Gasteiger partial charge on any atom is -0.385 e. The summed E-state index contributed by atoms with van der Waals surface area (Å²) in [6, 6.07) is 13.8. The van der Waals surface area contributed by atoms with Crippen LogP contribution in [0.1, 0.15) is 23.3 Å². The van der Waals surface area contributed by atoms with Crippen LogP contribution in [0.15, 0.2) is 48.5 Å². The SMILES string of the molecule is OC(c1ccccc1)C(O)c1ccc(Cl)c(Cl)c1. The Labute approximate surface area is 115 Å². The van der Waals surface area contributed by atoms with Gasteiger partial charge in [-0.1, -0.05) is 59.6 Å². The number of aliphatic hydroxyl groups is 2. The van der Waals surface area contributed by atoms with E-state index in [9.17, 15) is 10.2 Å². The minimum atomic E-state index is -1.04. The normalized spacial score (nSPS) is 14.2. The Hall–Kier alpha value is -1.06. The van der Waals surface area contributed by atoms with Crippen molar-refractivity contribution >= 4 is 23.2 Å².